The first-order chi connectivity index (χ1) is 7.30. The Morgan fingerprint density at radius 2 is 2.47 bits per heavy atom. The predicted molar refractivity (Wildman–Crippen MR) is 61.2 cm³/mol. The van der Waals surface area contributed by atoms with Crippen molar-refractivity contribution in [3.05, 3.63) is 54.4 Å². The summed E-state index contributed by atoms with van der Waals surface area (Å²) in [4.78, 5) is 10.4. The monoisotopic (exact) mass is 202 g/mol. The standard InChI is InChI=1S/C12H14N2O/c1-3-5-11(6-4-2)7-12-8-13-14(9-12)10-15/h3-6,8-10H,1,7H2,2H3/b6-4-,11-5+. The topological polar surface area (TPSA) is 34.9 Å². The van der Waals surface area contributed by atoms with E-state index in [1.807, 2.05) is 25.2 Å². The predicted octanol–water partition coefficient (Wildman–Crippen LogP) is 2.15. The maximum atomic E-state index is 10.4. The van der Waals surface area contributed by atoms with Crippen LogP contribution in [0.4, 0.5) is 0 Å². The van der Waals surface area contributed by atoms with Gasteiger partial charge in [0.1, 0.15) is 0 Å². The molecule has 15 heavy (non-hydrogen) atoms. The lowest BCUT2D eigenvalue weighted by Crippen LogP contribution is -1.93. The quantitative estimate of drug-likeness (QED) is 0.541. The van der Waals surface area contributed by atoms with Crippen molar-refractivity contribution < 1.29 is 4.79 Å². The number of carbonyl (C=O) groups is 1. The van der Waals surface area contributed by atoms with Gasteiger partial charge in [-0.1, -0.05) is 30.9 Å². The lowest BCUT2D eigenvalue weighted by atomic mass is 10.1. The molecule has 0 aliphatic rings. The summed E-state index contributed by atoms with van der Waals surface area (Å²) in [5, 5.41) is 3.88. The van der Waals surface area contributed by atoms with Crippen molar-refractivity contribution in [3.63, 3.8) is 0 Å². The summed E-state index contributed by atoms with van der Waals surface area (Å²) >= 11 is 0. The Bertz CT molecular complexity index is 400. The minimum atomic E-state index is 0.677. The smallest absolute Gasteiger partial charge is 0.234 e. The SMILES string of the molecule is C=C/C=C(\C=C/C)Cc1cnn(C=O)c1. The van der Waals surface area contributed by atoms with Crippen molar-refractivity contribution in [3.8, 4) is 0 Å². The van der Waals surface area contributed by atoms with Crippen molar-refractivity contribution in [2.45, 2.75) is 13.3 Å². The molecule has 1 heterocycles. The van der Waals surface area contributed by atoms with Gasteiger partial charge in [-0.05, 0) is 18.1 Å². The van der Waals surface area contributed by atoms with Crippen LogP contribution in [-0.2, 0) is 11.2 Å². The molecule has 0 N–H and O–H groups in total. The molecule has 0 aliphatic heterocycles. The molecule has 1 aromatic rings. The number of aromatic nitrogens is 2. The van der Waals surface area contributed by atoms with Gasteiger partial charge in [0, 0.05) is 12.6 Å². The second kappa shape index (κ2) is 5.75. The highest BCUT2D eigenvalue weighted by atomic mass is 16.1. The van der Waals surface area contributed by atoms with Crippen LogP contribution < -0.4 is 0 Å². The Morgan fingerprint density at radius 1 is 1.67 bits per heavy atom. The van der Waals surface area contributed by atoms with E-state index in [-0.39, 0.29) is 0 Å². The lowest BCUT2D eigenvalue weighted by molar-refractivity contribution is 0.540. The Labute approximate surface area is 89.4 Å². The summed E-state index contributed by atoms with van der Waals surface area (Å²) in [6.45, 7) is 5.62. The van der Waals surface area contributed by atoms with Gasteiger partial charge in [0.2, 0.25) is 6.41 Å². The molecule has 0 aliphatic carbocycles. The van der Waals surface area contributed by atoms with Crippen molar-refractivity contribution in [1.29, 1.82) is 0 Å². The van der Waals surface area contributed by atoms with Crippen LogP contribution in [0.25, 0.3) is 0 Å². The van der Waals surface area contributed by atoms with Gasteiger partial charge in [0.05, 0.1) is 6.20 Å². The molecule has 1 aromatic heterocycles. The van der Waals surface area contributed by atoms with Crippen LogP contribution in [0.3, 0.4) is 0 Å². The molecule has 0 saturated heterocycles. The van der Waals surface area contributed by atoms with Crippen LogP contribution in [0.15, 0.2) is 48.8 Å². The van der Waals surface area contributed by atoms with Crippen LogP contribution >= 0.6 is 0 Å². The minimum absolute atomic E-state index is 0.677. The molecule has 0 bridgehead atoms. The summed E-state index contributed by atoms with van der Waals surface area (Å²) in [7, 11) is 0. The summed E-state index contributed by atoms with van der Waals surface area (Å²) in [6, 6.07) is 0. The molecule has 0 unspecified atom stereocenters. The zero-order valence-corrected chi connectivity index (χ0v) is 8.76. The van der Waals surface area contributed by atoms with Gasteiger partial charge < -0.3 is 0 Å². The van der Waals surface area contributed by atoms with E-state index in [1.165, 1.54) is 4.68 Å². The van der Waals surface area contributed by atoms with Gasteiger partial charge in [-0.25, -0.2) is 4.68 Å². The van der Waals surface area contributed by atoms with E-state index in [0.29, 0.717) is 6.41 Å². The second-order valence-electron chi connectivity index (χ2n) is 3.09. The molecule has 0 amide bonds. The molecule has 3 heteroatoms. The molecule has 0 fully saturated rings. The zero-order valence-electron chi connectivity index (χ0n) is 8.76. The number of allylic oxidation sites excluding steroid dienone is 5. The highest BCUT2D eigenvalue weighted by Gasteiger charge is 1.99. The third-order valence-electron chi connectivity index (χ3n) is 1.88. The zero-order chi connectivity index (χ0) is 11.1. The van der Waals surface area contributed by atoms with Gasteiger partial charge in [0.15, 0.2) is 0 Å². The van der Waals surface area contributed by atoms with Crippen LogP contribution in [0.5, 0.6) is 0 Å². The Hall–Kier alpha value is -1.90. The Kier molecular flexibility index (Phi) is 4.29. The minimum Gasteiger partial charge on any atom is -0.276 e. The van der Waals surface area contributed by atoms with E-state index in [1.54, 1.807) is 18.5 Å². The number of hydrogen-bond acceptors (Lipinski definition) is 2. The fourth-order valence-corrected chi connectivity index (χ4v) is 1.30. The van der Waals surface area contributed by atoms with Crippen molar-refractivity contribution in [2.24, 2.45) is 0 Å². The Balaban J connectivity index is 2.78. The van der Waals surface area contributed by atoms with E-state index in [9.17, 15) is 4.79 Å². The average Bonchev–Trinajstić information content (AvgIpc) is 2.66. The van der Waals surface area contributed by atoms with Gasteiger partial charge in [-0.2, -0.15) is 5.10 Å². The molecule has 0 saturated carbocycles. The second-order valence-corrected chi connectivity index (χ2v) is 3.09. The molecule has 0 radical (unpaired) electrons. The van der Waals surface area contributed by atoms with Crippen molar-refractivity contribution >= 4 is 6.41 Å². The highest BCUT2D eigenvalue weighted by Crippen LogP contribution is 2.08. The number of nitrogens with zero attached hydrogens (tertiary/aromatic N) is 2. The van der Waals surface area contributed by atoms with E-state index in [4.69, 9.17) is 0 Å². The third-order valence-corrected chi connectivity index (χ3v) is 1.88. The number of rotatable bonds is 5. The first kappa shape index (κ1) is 11.2. The van der Waals surface area contributed by atoms with Crippen molar-refractivity contribution in [2.75, 3.05) is 0 Å². The van der Waals surface area contributed by atoms with Gasteiger partial charge in [-0.3, -0.25) is 4.79 Å². The van der Waals surface area contributed by atoms with Gasteiger partial charge >= 0.3 is 0 Å². The molecular weight excluding hydrogens is 188 g/mol. The normalized spacial score (nSPS) is 11.9. The molecule has 0 aromatic carbocycles. The van der Waals surface area contributed by atoms with Gasteiger partial charge in [-0.15, -0.1) is 0 Å². The lowest BCUT2D eigenvalue weighted by Gasteiger charge is -1.97. The molecule has 78 valence electrons. The van der Waals surface area contributed by atoms with E-state index < -0.39 is 0 Å². The summed E-state index contributed by atoms with van der Waals surface area (Å²) in [5.41, 5.74) is 2.14. The molecule has 0 atom stereocenters. The molecular formula is C12H14N2O. The van der Waals surface area contributed by atoms with E-state index in [0.717, 1.165) is 17.6 Å². The fourth-order valence-electron chi connectivity index (χ4n) is 1.30. The van der Waals surface area contributed by atoms with Crippen LogP contribution in [0.2, 0.25) is 0 Å². The largest absolute Gasteiger partial charge is 0.276 e. The summed E-state index contributed by atoms with van der Waals surface area (Å²) < 4.78 is 1.26. The first-order valence-electron chi connectivity index (χ1n) is 4.72. The molecule has 0 spiro atoms. The van der Waals surface area contributed by atoms with Crippen LogP contribution in [0.1, 0.15) is 12.5 Å². The van der Waals surface area contributed by atoms with Gasteiger partial charge in [0.25, 0.3) is 0 Å². The highest BCUT2D eigenvalue weighted by molar-refractivity contribution is 5.50. The summed E-state index contributed by atoms with van der Waals surface area (Å²) in [5.74, 6) is 0. The maximum Gasteiger partial charge on any atom is 0.234 e. The van der Waals surface area contributed by atoms with Crippen LogP contribution in [0, 0.1) is 0 Å². The van der Waals surface area contributed by atoms with E-state index in [2.05, 4.69) is 11.7 Å². The molecule has 3 nitrogen and oxygen atoms in total. The Morgan fingerprint density at radius 3 is 3.00 bits per heavy atom. The first-order valence-corrected chi connectivity index (χ1v) is 4.72. The number of carbonyl (C=O) groups excluding carboxylic acids is 1. The third kappa shape index (κ3) is 3.38. The fraction of sp³-hybridized carbons (Fsp3) is 0.167. The summed E-state index contributed by atoms with van der Waals surface area (Å²) in [6.07, 6.45) is 12.5. The van der Waals surface area contributed by atoms with Crippen molar-refractivity contribution in [1.82, 2.24) is 9.78 Å². The van der Waals surface area contributed by atoms with E-state index >= 15 is 0 Å². The molecule has 1 rings (SSSR count). The maximum absolute atomic E-state index is 10.4. The number of hydrogen-bond donors (Lipinski definition) is 0. The van der Waals surface area contributed by atoms with Crippen LogP contribution in [-0.4, -0.2) is 16.2 Å². The average molecular weight is 202 g/mol.